The first kappa shape index (κ1) is 21.5. The summed E-state index contributed by atoms with van der Waals surface area (Å²) in [5.74, 6) is 0.982. The average Bonchev–Trinajstić information content (AvgIpc) is 3.14. The summed E-state index contributed by atoms with van der Waals surface area (Å²) in [6.07, 6.45) is 0.169. The Labute approximate surface area is 176 Å². The Morgan fingerprint density at radius 3 is 2.30 bits per heavy atom. The van der Waals surface area contributed by atoms with Crippen molar-refractivity contribution in [2.24, 2.45) is 5.92 Å². The van der Waals surface area contributed by atoms with Gasteiger partial charge in [-0.2, -0.15) is 0 Å². The summed E-state index contributed by atoms with van der Waals surface area (Å²) in [5, 5.41) is 2.87. The molecule has 0 aliphatic carbocycles. The number of anilines is 2. The van der Waals surface area contributed by atoms with Crippen LogP contribution in [0.1, 0.15) is 31.7 Å². The van der Waals surface area contributed by atoms with Gasteiger partial charge in [0.15, 0.2) is 11.5 Å². The molecule has 1 fully saturated rings. The Morgan fingerprint density at radius 1 is 1.07 bits per heavy atom. The number of carbonyl (C=O) groups is 2. The third-order valence-corrected chi connectivity index (χ3v) is 5.28. The fraction of sp³-hybridized carbons (Fsp3) is 0.391. The maximum atomic E-state index is 12.9. The van der Waals surface area contributed by atoms with Crippen LogP contribution in [0.5, 0.6) is 17.2 Å². The lowest BCUT2D eigenvalue weighted by atomic mass is 10.0. The van der Waals surface area contributed by atoms with Crippen molar-refractivity contribution in [3.8, 4) is 17.2 Å². The van der Waals surface area contributed by atoms with E-state index in [1.165, 1.54) is 21.3 Å². The zero-order chi connectivity index (χ0) is 21.8. The highest BCUT2D eigenvalue weighted by atomic mass is 16.5. The van der Waals surface area contributed by atoms with Crippen LogP contribution in [0.2, 0.25) is 0 Å². The van der Waals surface area contributed by atoms with E-state index in [2.05, 4.69) is 19.2 Å². The van der Waals surface area contributed by atoms with E-state index in [1.54, 1.807) is 17.0 Å². The molecular weight excluding hydrogens is 384 g/mol. The van der Waals surface area contributed by atoms with Crippen LogP contribution >= 0.6 is 0 Å². The van der Waals surface area contributed by atoms with Gasteiger partial charge in [-0.25, -0.2) is 0 Å². The van der Waals surface area contributed by atoms with E-state index in [4.69, 9.17) is 14.2 Å². The summed E-state index contributed by atoms with van der Waals surface area (Å²) in [6, 6.07) is 11.2. The highest BCUT2D eigenvalue weighted by molar-refractivity contribution is 6.03. The quantitative estimate of drug-likeness (QED) is 0.748. The van der Waals surface area contributed by atoms with Gasteiger partial charge in [-0.05, 0) is 23.6 Å². The normalized spacial score (nSPS) is 16.0. The highest BCUT2D eigenvalue weighted by Crippen LogP contribution is 2.40. The molecule has 1 aliphatic heterocycles. The van der Waals surface area contributed by atoms with Crippen molar-refractivity contribution in [2.45, 2.75) is 26.2 Å². The summed E-state index contributed by atoms with van der Waals surface area (Å²) < 4.78 is 16.0. The van der Waals surface area contributed by atoms with Crippen LogP contribution in [0.3, 0.4) is 0 Å². The van der Waals surface area contributed by atoms with E-state index in [0.717, 1.165) is 11.3 Å². The molecule has 7 heteroatoms. The monoisotopic (exact) mass is 412 g/mol. The van der Waals surface area contributed by atoms with Crippen LogP contribution in [0, 0.1) is 5.92 Å². The number of carbonyl (C=O) groups excluding carboxylic acids is 2. The van der Waals surface area contributed by atoms with Gasteiger partial charge >= 0.3 is 0 Å². The van der Waals surface area contributed by atoms with Crippen LogP contribution in [-0.2, 0) is 9.59 Å². The summed E-state index contributed by atoms with van der Waals surface area (Å²) >= 11 is 0. The molecule has 1 unspecified atom stereocenters. The number of nitrogens with one attached hydrogen (secondary N) is 1. The summed E-state index contributed by atoms with van der Waals surface area (Å²) in [4.78, 5) is 27.1. The Kier molecular flexibility index (Phi) is 6.50. The number of hydrogen-bond donors (Lipinski definition) is 1. The van der Waals surface area contributed by atoms with Gasteiger partial charge < -0.3 is 24.4 Å². The van der Waals surface area contributed by atoms with Gasteiger partial charge in [0, 0.05) is 36.5 Å². The van der Waals surface area contributed by atoms with Crippen LogP contribution < -0.4 is 24.4 Å². The minimum atomic E-state index is -0.445. The summed E-state index contributed by atoms with van der Waals surface area (Å²) in [6.45, 7) is 4.56. The van der Waals surface area contributed by atoms with E-state index in [-0.39, 0.29) is 18.2 Å². The van der Waals surface area contributed by atoms with Crippen molar-refractivity contribution in [1.29, 1.82) is 0 Å². The van der Waals surface area contributed by atoms with Gasteiger partial charge in [0.1, 0.15) is 0 Å². The van der Waals surface area contributed by atoms with E-state index in [0.29, 0.717) is 35.4 Å². The zero-order valence-electron chi connectivity index (χ0n) is 18.0. The van der Waals surface area contributed by atoms with Crippen LogP contribution in [-0.4, -0.2) is 39.7 Å². The first-order chi connectivity index (χ1) is 14.4. The zero-order valence-corrected chi connectivity index (χ0v) is 18.0. The molecule has 30 heavy (non-hydrogen) atoms. The Hall–Kier alpha value is -3.22. The minimum Gasteiger partial charge on any atom is -0.493 e. The van der Waals surface area contributed by atoms with Crippen LogP contribution in [0.15, 0.2) is 36.4 Å². The van der Waals surface area contributed by atoms with Crippen molar-refractivity contribution in [1.82, 2.24) is 0 Å². The fourth-order valence-electron chi connectivity index (χ4n) is 3.58. The van der Waals surface area contributed by atoms with E-state index >= 15 is 0 Å². The summed E-state index contributed by atoms with van der Waals surface area (Å²) in [5.41, 5.74) is 2.50. The lowest BCUT2D eigenvalue weighted by molar-refractivity contribution is -0.122. The molecule has 0 saturated carbocycles. The minimum absolute atomic E-state index is 0.0547. The van der Waals surface area contributed by atoms with Crippen molar-refractivity contribution < 1.29 is 23.8 Å². The van der Waals surface area contributed by atoms with Crippen molar-refractivity contribution in [3.63, 3.8) is 0 Å². The lowest BCUT2D eigenvalue weighted by Gasteiger charge is -2.19. The molecule has 0 bridgehead atoms. The Bertz CT molecular complexity index is 916. The van der Waals surface area contributed by atoms with Gasteiger partial charge in [-0.15, -0.1) is 0 Å². The predicted octanol–water partition coefficient (Wildman–Crippen LogP) is 3.83. The highest BCUT2D eigenvalue weighted by Gasteiger charge is 2.35. The van der Waals surface area contributed by atoms with E-state index in [1.807, 2.05) is 24.3 Å². The predicted molar refractivity (Wildman–Crippen MR) is 116 cm³/mol. The van der Waals surface area contributed by atoms with E-state index in [9.17, 15) is 9.59 Å². The maximum absolute atomic E-state index is 12.9. The number of rotatable bonds is 7. The molecule has 2 amide bonds. The number of nitrogens with zero attached hydrogens (tertiary/aromatic N) is 1. The standard InChI is InChI=1S/C23H28N2O5/c1-14(2)15-7-6-8-18(9-15)25-13-16(10-21(25)26)23(27)24-17-11-19(28-3)22(30-5)20(12-17)29-4/h6-9,11-12,14,16H,10,13H2,1-5H3,(H,24,27). The molecule has 2 aromatic carbocycles. The Morgan fingerprint density at radius 2 is 1.73 bits per heavy atom. The lowest BCUT2D eigenvalue weighted by Crippen LogP contribution is -2.28. The molecule has 0 spiro atoms. The molecular formula is C23H28N2O5. The number of benzene rings is 2. The third-order valence-electron chi connectivity index (χ3n) is 5.28. The van der Waals surface area contributed by atoms with Crippen molar-refractivity contribution >= 4 is 23.2 Å². The second-order valence-corrected chi connectivity index (χ2v) is 7.56. The first-order valence-corrected chi connectivity index (χ1v) is 9.89. The molecule has 1 saturated heterocycles. The molecule has 0 radical (unpaired) electrons. The molecule has 3 rings (SSSR count). The number of amides is 2. The first-order valence-electron chi connectivity index (χ1n) is 9.89. The fourth-order valence-corrected chi connectivity index (χ4v) is 3.58. The average molecular weight is 412 g/mol. The third kappa shape index (κ3) is 4.35. The van der Waals surface area contributed by atoms with Crippen molar-refractivity contribution in [2.75, 3.05) is 38.1 Å². The Balaban J connectivity index is 1.76. The van der Waals surface area contributed by atoms with Gasteiger partial charge in [0.05, 0.1) is 27.2 Å². The molecule has 2 aromatic rings. The van der Waals surface area contributed by atoms with Gasteiger partial charge in [0.25, 0.3) is 0 Å². The number of methoxy groups -OCH3 is 3. The molecule has 1 heterocycles. The maximum Gasteiger partial charge on any atom is 0.229 e. The SMILES string of the molecule is COc1cc(NC(=O)C2CC(=O)N(c3cccc(C(C)C)c3)C2)cc(OC)c1OC. The van der Waals surface area contributed by atoms with Crippen LogP contribution in [0.4, 0.5) is 11.4 Å². The molecule has 0 aromatic heterocycles. The summed E-state index contributed by atoms with van der Waals surface area (Å²) in [7, 11) is 4.55. The van der Waals surface area contributed by atoms with Crippen molar-refractivity contribution in [3.05, 3.63) is 42.0 Å². The molecule has 160 valence electrons. The van der Waals surface area contributed by atoms with Gasteiger partial charge in [0.2, 0.25) is 17.6 Å². The topological polar surface area (TPSA) is 77.1 Å². The van der Waals surface area contributed by atoms with Gasteiger partial charge in [-0.3, -0.25) is 9.59 Å². The molecule has 7 nitrogen and oxygen atoms in total. The van der Waals surface area contributed by atoms with E-state index < -0.39 is 5.92 Å². The molecule has 1 atom stereocenters. The number of ether oxygens (including phenoxy) is 3. The smallest absolute Gasteiger partial charge is 0.229 e. The molecule has 1 N–H and O–H groups in total. The van der Waals surface area contributed by atoms with Gasteiger partial charge in [-0.1, -0.05) is 26.0 Å². The largest absolute Gasteiger partial charge is 0.493 e. The molecule has 1 aliphatic rings. The van der Waals surface area contributed by atoms with Crippen LogP contribution in [0.25, 0.3) is 0 Å². The number of hydrogen-bond acceptors (Lipinski definition) is 5. The second kappa shape index (κ2) is 9.07. The second-order valence-electron chi connectivity index (χ2n) is 7.56.